The van der Waals surface area contributed by atoms with Crippen molar-refractivity contribution in [2.75, 3.05) is 0 Å². The number of benzene rings is 1. The van der Waals surface area contributed by atoms with Crippen molar-refractivity contribution in [1.29, 1.82) is 0 Å². The number of phenolic OH excluding ortho intramolecular Hbond substituents is 1. The van der Waals surface area contributed by atoms with Gasteiger partial charge in [-0.2, -0.15) is 8.42 Å². The first-order valence-corrected chi connectivity index (χ1v) is 5.88. The third-order valence-electron chi connectivity index (χ3n) is 2.77. The summed E-state index contributed by atoms with van der Waals surface area (Å²) in [5.41, 5.74) is 1.73. The van der Waals surface area contributed by atoms with Gasteiger partial charge in [0.25, 0.3) is 10.1 Å². The molecule has 0 fully saturated rings. The predicted octanol–water partition coefficient (Wildman–Crippen LogP) is -1.01. The maximum Gasteiger partial charge on any atom is 1.00 e. The van der Waals surface area contributed by atoms with Crippen molar-refractivity contribution in [3.63, 3.8) is 0 Å². The molecule has 0 aliphatic rings. The molecule has 0 saturated carbocycles. The van der Waals surface area contributed by atoms with Gasteiger partial charge >= 0.3 is 29.6 Å². The molecule has 86 valence electrons. The second-order valence-electron chi connectivity index (χ2n) is 3.65. The van der Waals surface area contributed by atoms with Crippen molar-refractivity contribution >= 4 is 10.1 Å². The zero-order chi connectivity index (χ0) is 12.0. The smallest absolute Gasteiger partial charge is 1.00 e. The van der Waals surface area contributed by atoms with Crippen LogP contribution in [0.2, 0.25) is 0 Å². The molecule has 0 spiro atoms. The Morgan fingerprint density at radius 3 is 1.50 bits per heavy atom. The van der Waals surface area contributed by atoms with Gasteiger partial charge in [0.05, 0.1) is 0 Å². The Morgan fingerprint density at radius 2 is 1.25 bits per heavy atom. The molecule has 0 aliphatic carbocycles. The molecule has 0 atom stereocenters. The number of rotatable bonds is 1. The maximum atomic E-state index is 11.2. The van der Waals surface area contributed by atoms with E-state index in [0.717, 1.165) is 0 Å². The van der Waals surface area contributed by atoms with Crippen LogP contribution in [0, 0.1) is 27.7 Å². The molecule has 1 aromatic rings. The van der Waals surface area contributed by atoms with Crippen LogP contribution in [0.5, 0.6) is 5.75 Å². The quantitative estimate of drug-likeness (QED) is 0.497. The molecule has 0 aliphatic heterocycles. The molecule has 1 rings (SSSR count). The van der Waals surface area contributed by atoms with Crippen LogP contribution in [-0.2, 0) is 10.1 Å². The van der Waals surface area contributed by atoms with Crippen LogP contribution in [0.1, 0.15) is 23.7 Å². The van der Waals surface area contributed by atoms with E-state index in [1.807, 2.05) is 0 Å². The van der Waals surface area contributed by atoms with Crippen molar-refractivity contribution in [3.8, 4) is 5.75 Å². The monoisotopic (exact) mass is 254 g/mol. The molecule has 2 N–H and O–H groups in total. The molecule has 1 aromatic carbocycles. The van der Waals surface area contributed by atoms with Crippen LogP contribution < -0.4 is 29.6 Å². The first kappa shape index (κ1) is 15.9. The zero-order valence-corrected chi connectivity index (χ0v) is 12.9. The van der Waals surface area contributed by atoms with Crippen LogP contribution in [0.4, 0.5) is 0 Å². The third-order valence-corrected chi connectivity index (χ3v) is 3.90. The minimum atomic E-state index is -4.24. The maximum absolute atomic E-state index is 11.2. The summed E-state index contributed by atoms with van der Waals surface area (Å²) in [7, 11) is -4.24. The van der Waals surface area contributed by atoms with E-state index in [9.17, 15) is 13.5 Å². The zero-order valence-electron chi connectivity index (χ0n) is 11.1. The minimum Gasteiger partial charge on any atom is -1.00 e. The third kappa shape index (κ3) is 2.60. The van der Waals surface area contributed by atoms with Gasteiger partial charge in [0.15, 0.2) is 0 Å². The van der Waals surface area contributed by atoms with E-state index in [1.165, 1.54) is 0 Å². The van der Waals surface area contributed by atoms with Gasteiger partial charge in [0.1, 0.15) is 10.6 Å². The van der Waals surface area contributed by atoms with Gasteiger partial charge in [0.2, 0.25) is 0 Å². The normalized spacial score (nSPS) is 11.1. The molecule has 0 saturated heterocycles. The van der Waals surface area contributed by atoms with E-state index in [4.69, 9.17) is 4.55 Å². The van der Waals surface area contributed by atoms with Crippen LogP contribution in [0.3, 0.4) is 0 Å². The molecule has 0 aromatic heterocycles. The summed E-state index contributed by atoms with van der Waals surface area (Å²) in [4.78, 5) is -0.102. The van der Waals surface area contributed by atoms with Crippen molar-refractivity contribution in [2.24, 2.45) is 0 Å². The molecule has 0 unspecified atom stereocenters. The van der Waals surface area contributed by atoms with Gasteiger partial charge in [-0.25, -0.2) is 0 Å². The second kappa shape index (κ2) is 5.06. The summed E-state index contributed by atoms with van der Waals surface area (Å²) in [5.74, 6) is 0.0809. The summed E-state index contributed by atoms with van der Waals surface area (Å²) in [6, 6.07) is 0. The van der Waals surface area contributed by atoms with Crippen LogP contribution in [0.25, 0.3) is 0 Å². The molecule has 0 amide bonds. The van der Waals surface area contributed by atoms with Gasteiger partial charge in [-0.1, -0.05) is 0 Å². The topological polar surface area (TPSA) is 74.6 Å². The predicted molar refractivity (Wildman–Crippen MR) is 58.0 cm³/mol. The Balaban J connectivity index is 0. The van der Waals surface area contributed by atoms with Gasteiger partial charge in [-0.3, -0.25) is 4.55 Å². The largest absolute Gasteiger partial charge is 1.00 e. The molecular formula is C10H15NaO4S. The fourth-order valence-corrected chi connectivity index (χ4v) is 2.73. The number of phenols is 1. The van der Waals surface area contributed by atoms with Crippen LogP contribution >= 0.6 is 0 Å². The molecule has 6 heteroatoms. The van der Waals surface area contributed by atoms with Crippen LogP contribution in [0.15, 0.2) is 4.90 Å². The average molecular weight is 254 g/mol. The van der Waals surface area contributed by atoms with E-state index >= 15 is 0 Å². The van der Waals surface area contributed by atoms with Crippen molar-refractivity contribution in [3.05, 3.63) is 22.3 Å². The molecule has 0 heterocycles. The summed E-state index contributed by atoms with van der Waals surface area (Å²) in [5, 5.41) is 9.68. The van der Waals surface area contributed by atoms with Gasteiger partial charge < -0.3 is 6.53 Å². The van der Waals surface area contributed by atoms with Crippen LogP contribution in [-0.4, -0.2) is 18.1 Å². The fraction of sp³-hybridized carbons (Fsp3) is 0.400. The Morgan fingerprint density at radius 1 is 0.938 bits per heavy atom. The molecular weight excluding hydrogens is 239 g/mol. The van der Waals surface area contributed by atoms with E-state index in [0.29, 0.717) is 22.3 Å². The van der Waals surface area contributed by atoms with Crippen molar-refractivity contribution < 1.29 is 49.1 Å². The van der Waals surface area contributed by atoms with Gasteiger partial charge in [0, 0.05) is 0 Å². The molecule has 0 bridgehead atoms. The summed E-state index contributed by atoms with van der Waals surface area (Å²) < 4.78 is 31.4. The number of hydrogen-bond acceptors (Lipinski definition) is 3. The van der Waals surface area contributed by atoms with E-state index in [-0.39, 0.29) is 41.6 Å². The van der Waals surface area contributed by atoms with E-state index < -0.39 is 10.1 Å². The SMILES string of the molecule is Cc1c(C)c(S(=O)(=O)O)c(C)c(C)c1O.[H-].[Na+]. The summed E-state index contributed by atoms with van der Waals surface area (Å²) in [6.45, 7) is 6.35. The average Bonchev–Trinajstić information content (AvgIpc) is 2.09. The van der Waals surface area contributed by atoms with Crippen molar-refractivity contribution in [2.45, 2.75) is 32.6 Å². The van der Waals surface area contributed by atoms with Gasteiger partial charge in [-0.15, -0.1) is 0 Å². The standard InChI is InChI=1S/C10H14O4S.Na.H/c1-5-7(3)10(15(12,13)14)8(4)6(2)9(5)11;;/h11H,1-4H3,(H,12,13,14);;/q;+1;-1. The first-order valence-electron chi connectivity index (χ1n) is 4.44. The second-order valence-corrected chi connectivity index (χ2v) is 5.01. The van der Waals surface area contributed by atoms with Crippen molar-refractivity contribution in [1.82, 2.24) is 0 Å². The molecule has 16 heavy (non-hydrogen) atoms. The van der Waals surface area contributed by atoms with Gasteiger partial charge in [-0.05, 0) is 49.9 Å². The Hall–Kier alpha value is -0.0700. The fourth-order valence-electron chi connectivity index (χ4n) is 1.65. The first-order chi connectivity index (χ1) is 6.68. The molecule has 0 radical (unpaired) electrons. The number of hydrogen-bond donors (Lipinski definition) is 2. The summed E-state index contributed by atoms with van der Waals surface area (Å²) >= 11 is 0. The van der Waals surface area contributed by atoms with E-state index in [1.54, 1.807) is 27.7 Å². The summed E-state index contributed by atoms with van der Waals surface area (Å²) in [6.07, 6.45) is 0. The molecule has 4 nitrogen and oxygen atoms in total. The minimum absolute atomic E-state index is 0. The Labute approximate surface area is 119 Å². The van der Waals surface area contributed by atoms with E-state index in [2.05, 4.69) is 0 Å². The number of aromatic hydroxyl groups is 1. The Kier molecular flexibility index (Phi) is 5.04. The Bertz CT molecular complexity index is 497.